The number of ether oxygens (including phenoxy) is 4. The summed E-state index contributed by atoms with van der Waals surface area (Å²) in [4.78, 5) is 20.6. The molecule has 17 heteroatoms. The van der Waals surface area contributed by atoms with Crippen LogP contribution in [0.2, 0.25) is 0 Å². The van der Waals surface area contributed by atoms with Crippen molar-refractivity contribution in [2.45, 2.75) is 25.6 Å². The molecular weight excluding hydrogens is 698 g/mol. The Morgan fingerprint density at radius 3 is 1.25 bits per heavy atom. The van der Waals surface area contributed by atoms with Gasteiger partial charge in [-0.25, -0.2) is 24.1 Å². The monoisotopic (exact) mass is 724 g/mol. The van der Waals surface area contributed by atoms with E-state index in [9.17, 15) is 31.1 Å². The first kappa shape index (κ1) is 35.4. The summed E-state index contributed by atoms with van der Waals surface area (Å²) in [5, 5.41) is 8.76. The van der Waals surface area contributed by atoms with Crippen LogP contribution in [0.3, 0.4) is 0 Å². The Labute approximate surface area is 291 Å². The van der Waals surface area contributed by atoms with Gasteiger partial charge in [0.1, 0.15) is 24.2 Å². The normalized spacial score (nSPS) is 11.7. The van der Waals surface area contributed by atoms with E-state index in [0.717, 1.165) is 11.1 Å². The third-order valence-corrected chi connectivity index (χ3v) is 7.30. The van der Waals surface area contributed by atoms with Crippen molar-refractivity contribution in [2.24, 2.45) is 0 Å². The molecule has 0 bridgehead atoms. The van der Waals surface area contributed by atoms with Gasteiger partial charge < -0.3 is 18.9 Å². The van der Waals surface area contributed by atoms with E-state index in [1.807, 2.05) is 24.3 Å². The van der Waals surface area contributed by atoms with Crippen molar-refractivity contribution in [3.63, 3.8) is 0 Å². The molecule has 268 valence electrons. The number of hydrogen-bond acceptors (Lipinski definition) is 9. The minimum atomic E-state index is -4.78. The minimum absolute atomic E-state index is 0.0962. The summed E-state index contributed by atoms with van der Waals surface area (Å²) < 4.78 is 95.4. The number of aromatic nitrogens is 6. The van der Waals surface area contributed by atoms with E-state index in [-0.39, 0.29) is 24.7 Å². The van der Waals surface area contributed by atoms with Crippen LogP contribution in [-0.2, 0) is 22.3 Å². The molecule has 0 fully saturated rings. The predicted molar refractivity (Wildman–Crippen MR) is 172 cm³/mol. The quantitative estimate of drug-likeness (QED) is 0.0917. The Bertz CT molecular complexity index is 1930. The number of hydrogen-bond donors (Lipinski definition) is 0. The third-order valence-electron chi connectivity index (χ3n) is 7.30. The van der Waals surface area contributed by atoms with Crippen molar-refractivity contribution in [1.29, 1.82) is 0 Å². The lowest BCUT2D eigenvalue weighted by molar-refractivity contribution is -0.275. The van der Waals surface area contributed by atoms with Crippen molar-refractivity contribution in [2.75, 3.05) is 13.2 Å². The molecule has 0 spiro atoms. The molecule has 6 rings (SSSR count). The highest BCUT2D eigenvalue weighted by atomic mass is 19.4. The maximum Gasteiger partial charge on any atom is 0.573 e. The van der Waals surface area contributed by atoms with E-state index in [4.69, 9.17) is 9.47 Å². The lowest BCUT2D eigenvalue weighted by Gasteiger charge is -2.09. The van der Waals surface area contributed by atoms with Gasteiger partial charge in [0.25, 0.3) is 0 Å². The summed E-state index contributed by atoms with van der Waals surface area (Å²) in [6.45, 7) is 0.192. The Kier molecular flexibility index (Phi) is 10.4. The smallest absolute Gasteiger partial charge is 0.434 e. The van der Waals surface area contributed by atoms with Crippen LogP contribution in [0.4, 0.5) is 31.1 Å². The molecule has 0 aliphatic heterocycles. The van der Waals surface area contributed by atoms with E-state index >= 15 is 0 Å². The SMILES string of the molecule is O=C(OCCc1ccc(-c2ncn(-c3ccc(OC(F)(F)F)cc3)n2)cc1)OCCc1ccc(-c2ncn(-c3ccc(OC(F)(F)F)cc3)n2)cc1. The predicted octanol–water partition coefficient (Wildman–Crippen LogP) is 7.92. The first-order valence-electron chi connectivity index (χ1n) is 15.4. The molecule has 4 aromatic carbocycles. The molecule has 6 aromatic rings. The molecule has 0 amide bonds. The van der Waals surface area contributed by atoms with Gasteiger partial charge in [-0.3, -0.25) is 0 Å². The first-order chi connectivity index (χ1) is 24.9. The number of alkyl halides is 6. The first-order valence-corrected chi connectivity index (χ1v) is 15.4. The molecular formula is C35H26F6N6O5. The summed E-state index contributed by atoms with van der Waals surface area (Å²) in [5.41, 5.74) is 4.22. The number of carbonyl (C=O) groups excluding carboxylic acids is 1. The van der Waals surface area contributed by atoms with Crippen LogP contribution in [-0.4, -0.2) is 61.6 Å². The van der Waals surface area contributed by atoms with Gasteiger partial charge in [-0.1, -0.05) is 48.5 Å². The third kappa shape index (κ3) is 9.86. The molecule has 2 heterocycles. The van der Waals surface area contributed by atoms with Crippen LogP contribution >= 0.6 is 0 Å². The number of benzene rings is 4. The molecule has 11 nitrogen and oxygen atoms in total. The van der Waals surface area contributed by atoms with Gasteiger partial charge in [0, 0.05) is 24.0 Å². The summed E-state index contributed by atoms with van der Waals surface area (Å²) in [6, 6.07) is 25.1. The molecule has 0 saturated heterocycles. The minimum Gasteiger partial charge on any atom is -0.434 e. The lowest BCUT2D eigenvalue weighted by atomic mass is 10.1. The molecule has 52 heavy (non-hydrogen) atoms. The van der Waals surface area contributed by atoms with Crippen LogP contribution in [0.25, 0.3) is 34.2 Å². The fraction of sp³-hybridized carbons (Fsp3) is 0.171. The second kappa shape index (κ2) is 15.2. The molecule has 0 radical (unpaired) electrons. The molecule has 0 saturated carbocycles. The summed E-state index contributed by atoms with van der Waals surface area (Å²) in [7, 11) is 0. The van der Waals surface area contributed by atoms with E-state index in [1.165, 1.54) is 70.5 Å². The zero-order valence-electron chi connectivity index (χ0n) is 26.7. The molecule has 2 aromatic heterocycles. The summed E-state index contributed by atoms with van der Waals surface area (Å²) >= 11 is 0. The number of nitrogens with zero attached hydrogens (tertiary/aromatic N) is 6. The number of rotatable bonds is 12. The van der Waals surface area contributed by atoms with Crippen LogP contribution in [0.1, 0.15) is 11.1 Å². The van der Waals surface area contributed by atoms with Crippen molar-refractivity contribution >= 4 is 6.16 Å². The summed E-state index contributed by atoms with van der Waals surface area (Å²) in [6.07, 6.45) is -6.58. The number of halogens is 6. The van der Waals surface area contributed by atoms with E-state index in [0.29, 0.717) is 47.0 Å². The highest BCUT2D eigenvalue weighted by Crippen LogP contribution is 2.26. The molecule has 0 aliphatic rings. The second-order valence-electron chi connectivity index (χ2n) is 10.9. The highest BCUT2D eigenvalue weighted by molar-refractivity contribution is 5.60. The number of carbonyl (C=O) groups is 1. The van der Waals surface area contributed by atoms with E-state index in [1.54, 1.807) is 24.3 Å². The van der Waals surface area contributed by atoms with Crippen molar-refractivity contribution in [3.8, 4) is 45.6 Å². The Morgan fingerprint density at radius 2 is 0.904 bits per heavy atom. The van der Waals surface area contributed by atoms with Gasteiger partial charge in [0.05, 0.1) is 24.6 Å². The van der Waals surface area contributed by atoms with Gasteiger partial charge in [-0.2, -0.15) is 0 Å². The van der Waals surface area contributed by atoms with Gasteiger partial charge in [-0.15, -0.1) is 36.5 Å². The average molecular weight is 725 g/mol. The maximum absolute atomic E-state index is 12.4. The van der Waals surface area contributed by atoms with E-state index < -0.39 is 18.9 Å². The summed E-state index contributed by atoms with van der Waals surface area (Å²) in [5.74, 6) is 0.143. The fourth-order valence-electron chi connectivity index (χ4n) is 4.83. The highest BCUT2D eigenvalue weighted by Gasteiger charge is 2.31. The zero-order chi connectivity index (χ0) is 36.7. The van der Waals surface area contributed by atoms with Crippen LogP contribution in [0.15, 0.2) is 110 Å². The lowest BCUT2D eigenvalue weighted by Crippen LogP contribution is -2.17. The van der Waals surface area contributed by atoms with Gasteiger partial charge in [0.15, 0.2) is 11.6 Å². The van der Waals surface area contributed by atoms with Crippen LogP contribution in [0, 0.1) is 0 Å². The van der Waals surface area contributed by atoms with Crippen molar-refractivity contribution in [3.05, 3.63) is 121 Å². The maximum atomic E-state index is 12.4. The van der Waals surface area contributed by atoms with Crippen LogP contribution < -0.4 is 9.47 Å². The van der Waals surface area contributed by atoms with Crippen LogP contribution in [0.5, 0.6) is 11.5 Å². The van der Waals surface area contributed by atoms with Gasteiger partial charge in [-0.05, 0) is 59.7 Å². The fourth-order valence-corrected chi connectivity index (χ4v) is 4.83. The molecule has 0 aliphatic carbocycles. The van der Waals surface area contributed by atoms with Gasteiger partial charge >= 0.3 is 18.9 Å². The average Bonchev–Trinajstić information content (AvgIpc) is 3.80. The zero-order valence-corrected chi connectivity index (χ0v) is 26.7. The van der Waals surface area contributed by atoms with Crippen molar-refractivity contribution in [1.82, 2.24) is 29.5 Å². The standard InChI is InChI=1S/C35H26F6N6O5/c36-34(37,38)51-29-13-9-27(10-14-29)46-21-42-31(44-46)25-5-1-23(2-6-25)17-19-49-33(48)50-20-18-24-3-7-26(8-4-24)32-43-22-47(45-32)28-11-15-30(16-12-28)52-35(39,40)41/h1-16,21-22H,17-20H2. The van der Waals surface area contributed by atoms with E-state index in [2.05, 4.69) is 29.6 Å². The molecule has 0 unspecified atom stereocenters. The molecule has 0 N–H and O–H groups in total. The van der Waals surface area contributed by atoms with Gasteiger partial charge in [0.2, 0.25) is 0 Å². The second-order valence-corrected chi connectivity index (χ2v) is 10.9. The largest absolute Gasteiger partial charge is 0.573 e. The van der Waals surface area contributed by atoms with Crippen molar-refractivity contribution < 1.29 is 50.1 Å². The Morgan fingerprint density at radius 1 is 0.538 bits per heavy atom. The Hall–Kier alpha value is -6.39. The topological polar surface area (TPSA) is 115 Å². The molecule has 0 atom stereocenters. The Balaban J connectivity index is 0.907.